The molecular formula is C21H14ClNO. The zero-order valence-corrected chi connectivity index (χ0v) is 13.5. The number of hydrogen-bond acceptors (Lipinski definition) is 2. The van der Waals surface area contributed by atoms with E-state index in [9.17, 15) is 10.4 Å². The van der Waals surface area contributed by atoms with E-state index in [1.807, 2.05) is 54.6 Å². The summed E-state index contributed by atoms with van der Waals surface area (Å²) in [6, 6.07) is 26.1. The van der Waals surface area contributed by atoms with Gasteiger partial charge in [-0.1, -0.05) is 66.2 Å². The molecule has 0 radical (unpaired) electrons. The lowest BCUT2D eigenvalue weighted by Crippen LogP contribution is -1.94. The largest absolute Gasteiger partial charge is 0.508 e. The minimum absolute atomic E-state index is 0.191. The number of benzene rings is 3. The lowest BCUT2D eigenvalue weighted by Gasteiger charge is -2.12. The second-order valence-corrected chi connectivity index (χ2v) is 5.72. The number of allylic oxidation sites excluding steroid dienone is 1. The van der Waals surface area contributed by atoms with Gasteiger partial charge in [0.25, 0.3) is 0 Å². The molecule has 116 valence electrons. The van der Waals surface area contributed by atoms with Gasteiger partial charge in [-0.25, -0.2) is 0 Å². The molecular weight excluding hydrogens is 318 g/mol. The summed E-state index contributed by atoms with van der Waals surface area (Å²) in [5, 5.41) is 20.0. The molecule has 3 heteroatoms. The molecule has 0 saturated carbocycles. The smallest absolute Gasteiger partial charge is 0.115 e. The Morgan fingerprint density at radius 1 is 0.750 bits per heavy atom. The average Bonchev–Trinajstić information content (AvgIpc) is 2.62. The highest BCUT2D eigenvalue weighted by Gasteiger charge is 2.14. The summed E-state index contributed by atoms with van der Waals surface area (Å²) in [6.45, 7) is 0. The first-order valence-electron chi connectivity index (χ1n) is 7.44. The summed E-state index contributed by atoms with van der Waals surface area (Å²) in [6.07, 6.45) is 0. The third-order valence-corrected chi connectivity index (χ3v) is 3.97. The van der Waals surface area contributed by atoms with Crippen molar-refractivity contribution in [1.29, 1.82) is 5.26 Å². The Morgan fingerprint density at radius 3 is 1.88 bits per heavy atom. The van der Waals surface area contributed by atoms with Crippen molar-refractivity contribution >= 4 is 22.7 Å². The van der Waals surface area contributed by atoms with E-state index >= 15 is 0 Å². The topological polar surface area (TPSA) is 44.0 Å². The van der Waals surface area contributed by atoms with Crippen LogP contribution in [0.5, 0.6) is 5.75 Å². The van der Waals surface area contributed by atoms with Crippen molar-refractivity contribution < 1.29 is 5.11 Å². The van der Waals surface area contributed by atoms with Gasteiger partial charge in [0, 0.05) is 10.6 Å². The number of nitrogens with zero attached hydrogens (tertiary/aromatic N) is 1. The van der Waals surface area contributed by atoms with E-state index in [0.29, 0.717) is 10.6 Å². The van der Waals surface area contributed by atoms with Gasteiger partial charge >= 0.3 is 0 Å². The average molecular weight is 332 g/mol. The van der Waals surface area contributed by atoms with E-state index in [2.05, 4.69) is 6.07 Å². The van der Waals surface area contributed by atoms with Gasteiger partial charge in [0.15, 0.2) is 0 Å². The molecule has 3 aromatic carbocycles. The van der Waals surface area contributed by atoms with Crippen LogP contribution in [0.4, 0.5) is 0 Å². The molecule has 0 fully saturated rings. The van der Waals surface area contributed by atoms with Crippen LogP contribution in [-0.2, 0) is 0 Å². The maximum absolute atomic E-state index is 9.81. The molecule has 2 nitrogen and oxygen atoms in total. The fourth-order valence-electron chi connectivity index (χ4n) is 2.57. The van der Waals surface area contributed by atoms with E-state index in [1.54, 1.807) is 24.3 Å². The van der Waals surface area contributed by atoms with Gasteiger partial charge in [0.2, 0.25) is 0 Å². The number of rotatable bonds is 3. The molecule has 3 aromatic rings. The highest BCUT2D eigenvalue weighted by atomic mass is 35.5. The third-order valence-electron chi connectivity index (χ3n) is 3.71. The Hall–Kier alpha value is -3.02. The molecule has 0 aliphatic heterocycles. The van der Waals surface area contributed by atoms with Gasteiger partial charge in [-0.2, -0.15) is 5.26 Å². The minimum atomic E-state index is 0.191. The van der Waals surface area contributed by atoms with E-state index in [0.717, 1.165) is 22.3 Å². The first-order valence-corrected chi connectivity index (χ1v) is 7.82. The number of halogens is 1. The van der Waals surface area contributed by atoms with Crippen molar-refractivity contribution in [3.8, 4) is 11.8 Å². The molecule has 0 saturated heterocycles. The van der Waals surface area contributed by atoms with Crippen molar-refractivity contribution in [3.05, 3.63) is 101 Å². The van der Waals surface area contributed by atoms with E-state index < -0.39 is 0 Å². The molecule has 0 aliphatic rings. The van der Waals surface area contributed by atoms with Gasteiger partial charge in [-0.15, -0.1) is 0 Å². The first-order chi connectivity index (χ1) is 11.7. The van der Waals surface area contributed by atoms with Gasteiger partial charge in [0.05, 0.1) is 5.57 Å². The van der Waals surface area contributed by atoms with Crippen LogP contribution in [0.25, 0.3) is 11.1 Å². The van der Waals surface area contributed by atoms with Crippen LogP contribution in [0.1, 0.15) is 16.7 Å². The summed E-state index contributed by atoms with van der Waals surface area (Å²) in [5.41, 5.74) is 3.98. The predicted octanol–water partition coefficient (Wildman–Crippen LogP) is 5.53. The Balaban J connectivity index is 2.28. The normalized spacial score (nSPS) is 11.5. The van der Waals surface area contributed by atoms with E-state index in [1.165, 1.54) is 0 Å². The number of aromatic hydroxyl groups is 1. The summed E-state index contributed by atoms with van der Waals surface area (Å²) in [4.78, 5) is 0. The van der Waals surface area contributed by atoms with E-state index in [-0.39, 0.29) is 5.75 Å². The van der Waals surface area contributed by atoms with Crippen molar-refractivity contribution in [2.75, 3.05) is 0 Å². The standard InChI is InChI=1S/C21H14ClNO/c22-18-10-6-15(7-11-18)20(14-23)21(16-4-2-1-3-5-16)17-8-12-19(24)13-9-17/h1-13,24H. The van der Waals surface area contributed by atoms with Crippen LogP contribution in [0.15, 0.2) is 78.9 Å². The zero-order valence-electron chi connectivity index (χ0n) is 12.8. The molecule has 0 atom stereocenters. The summed E-state index contributed by atoms with van der Waals surface area (Å²) < 4.78 is 0. The molecule has 0 heterocycles. The summed E-state index contributed by atoms with van der Waals surface area (Å²) in [5.74, 6) is 0.191. The lowest BCUT2D eigenvalue weighted by atomic mass is 9.90. The van der Waals surface area contributed by atoms with Crippen LogP contribution >= 0.6 is 11.6 Å². The Bertz CT molecular complexity index is 905. The molecule has 3 rings (SSSR count). The van der Waals surface area contributed by atoms with E-state index in [4.69, 9.17) is 11.6 Å². The van der Waals surface area contributed by atoms with Gasteiger partial charge in [-0.3, -0.25) is 0 Å². The van der Waals surface area contributed by atoms with Crippen molar-refractivity contribution in [3.63, 3.8) is 0 Å². The molecule has 0 aliphatic carbocycles. The molecule has 1 N–H and O–H groups in total. The zero-order chi connectivity index (χ0) is 16.9. The summed E-state index contributed by atoms with van der Waals surface area (Å²) >= 11 is 5.96. The van der Waals surface area contributed by atoms with Crippen LogP contribution in [0.2, 0.25) is 5.02 Å². The lowest BCUT2D eigenvalue weighted by molar-refractivity contribution is 0.475. The second-order valence-electron chi connectivity index (χ2n) is 5.28. The van der Waals surface area contributed by atoms with Gasteiger partial charge in [-0.05, 0) is 41.0 Å². The quantitative estimate of drug-likeness (QED) is 0.506. The second kappa shape index (κ2) is 7.04. The fourth-order valence-corrected chi connectivity index (χ4v) is 2.70. The summed E-state index contributed by atoms with van der Waals surface area (Å²) in [7, 11) is 0. The Morgan fingerprint density at radius 2 is 1.29 bits per heavy atom. The van der Waals surface area contributed by atoms with Crippen molar-refractivity contribution in [1.82, 2.24) is 0 Å². The van der Waals surface area contributed by atoms with Crippen LogP contribution < -0.4 is 0 Å². The highest BCUT2D eigenvalue weighted by molar-refractivity contribution is 6.30. The monoisotopic (exact) mass is 331 g/mol. The molecule has 0 spiro atoms. The number of nitriles is 1. The highest BCUT2D eigenvalue weighted by Crippen LogP contribution is 2.33. The van der Waals surface area contributed by atoms with Crippen LogP contribution in [0, 0.1) is 11.3 Å². The minimum Gasteiger partial charge on any atom is -0.508 e. The molecule has 0 bridgehead atoms. The van der Waals surface area contributed by atoms with Crippen molar-refractivity contribution in [2.24, 2.45) is 0 Å². The number of hydrogen-bond donors (Lipinski definition) is 1. The Labute approximate surface area is 145 Å². The molecule has 24 heavy (non-hydrogen) atoms. The molecule has 0 aromatic heterocycles. The van der Waals surface area contributed by atoms with Crippen LogP contribution in [-0.4, -0.2) is 5.11 Å². The predicted molar refractivity (Wildman–Crippen MR) is 97.5 cm³/mol. The number of phenols is 1. The third kappa shape index (κ3) is 3.32. The fraction of sp³-hybridized carbons (Fsp3) is 0. The Kier molecular flexibility index (Phi) is 4.65. The molecule has 0 amide bonds. The van der Waals surface area contributed by atoms with Crippen LogP contribution in [0.3, 0.4) is 0 Å². The van der Waals surface area contributed by atoms with Gasteiger partial charge < -0.3 is 5.11 Å². The SMILES string of the molecule is N#CC(=C(c1ccccc1)c1ccc(O)cc1)c1ccc(Cl)cc1. The maximum Gasteiger partial charge on any atom is 0.115 e. The molecule has 0 unspecified atom stereocenters. The van der Waals surface area contributed by atoms with Gasteiger partial charge in [0.1, 0.15) is 11.8 Å². The first kappa shape index (κ1) is 15.9. The maximum atomic E-state index is 9.81. The van der Waals surface area contributed by atoms with Crippen molar-refractivity contribution in [2.45, 2.75) is 0 Å². The number of phenolic OH excluding ortho intramolecular Hbond substituents is 1.